The van der Waals surface area contributed by atoms with Crippen LogP contribution >= 0.6 is 0 Å². The summed E-state index contributed by atoms with van der Waals surface area (Å²) in [6, 6.07) is 0.564. The molecule has 0 spiro atoms. The van der Waals surface area contributed by atoms with Crippen LogP contribution in [-0.4, -0.2) is 18.5 Å². The highest BCUT2D eigenvalue weighted by molar-refractivity contribution is 5.79. The van der Waals surface area contributed by atoms with E-state index in [0.717, 1.165) is 24.3 Å². The highest BCUT2D eigenvalue weighted by Gasteiger charge is 2.20. The molecule has 0 saturated heterocycles. The number of aliphatic imine (C=N–C) groups is 1. The van der Waals surface area contributed by atoms with E-state index in [4.69, 9.17) is 5.84 Å². The maximum Gasteiger partial charge on any atom is 0.205 e. The SMILES string of the molecule is CCC1CCC(CN=C(NN)NC2CCCCC2)CC1. The largest absolute Gasteiger partial charge is 0.353 e. The number of guanidine groups is 1. The van der Waals surface area contributed by atoms with Crippen molar-refractivity contribution in [2.45, 2.75) is 77.2 Å². The van der Waals surface area contributed by atoms with Crippen molar-refractivity contribution in [3.63, 3.8) is 0 Å². The van der Waals surface area contributed by atoms with Gasteiger partial charge in [0.05, 0.1) is 0 Å². The molecule has 0 amide bonds. The van der Waals surface area contributed by atoms with Crippen LogP contribution in [0.15, 0.2) is 4.99 Å². The normalized spacial score (nSPS) is 29.2. The topological polar surface area (TPSA) is 62.4 Å². The monoisotopic (exact) mass is 280 g/mol. The van der Waals surface area contributed by atoms with Crippen molar-refractivity contribution in [1.29, 1.82) is 0 Å². The third-order valence-corrected chi connectivity index (χ3v) is 5.13. The molecule has 4 nitrogen and oxygen atoms in total. The molecule has 0 aromatic carbocycles. The molecule has 0 atom stereocenters. The van der Waals surface area contributed by atoms with Crippen LogP contribution in [0, 0.1) is 11.8 Å². The van der Waals surface area contributed by atoms with Gasteiger partial charge in [-0.05, 0) is 37.5 Å². The summed E-state index contributed by atoms with van der Waals surface area (Å²) < 4.78 is 0. The van der Waals surface area contributed by atoms with Crippen molar-refractivity contribution < 1.29 is 0 Å². The van der Waals surface area contributed by atoms with E-state index in [9.17, 15) is 0 Å². The quantitative estimate of drug-likeness (QED) is 0.321. The highest BCUT2D eigenvalue weighted by atomic mass is 15.3. The van der Waals surface area contributed by atoms with Gasteiger partial charge >= 0.3 is 0 Å². The van der Waals surface area contributed by atoms with Crippen molar-refractivity contribution >= 4 is 5.96 Å². The predicted octanol–water partition coefficient (Wildman–Crippen LogP) is 2.94. The number of hydrazine groups is 1. The first kappa shape index (κ1) is 15.6. The molecule has 0 aliphatic heterocycles. The lowest BCUT2D eigenvalue weighted by Gasteiger charge is -2.27. The van der Waals surface area contributed by atoms with Crippen molar-refractivity contribution in [2.75, 3.05) is 6.54 Å². The number of nitrogens with two attached hydrogens (primary N) is 1. The summed E-state index contributed by atoms with van der Waals surface area (Å²) in [5, 5.41) is 3.48. The average Bonchev–Trinajstić information content (AvgIpc) is 2.53. The molecule has 2 aliphatic carbocycles. The van der Waals surface area contributed by atoms with Gasteiger partial charge in [0.15, 0.2) is 0 Å². The van der Waals surface area contributed by atoms with Crippen molar-refractivity contribution in [2.24, 2.45) is 22.7 Å². The van der Waals surface area contributed by atoms with E-state index in [-0.39, 0.29) is 0 Å². The Hall–Kier alpha value is -0.770. The molecule has 0 heterocycles. The van der Waals surface area contributed by atoms with Gasteiger partial charge < -0.3 is 5.32 Å². The van der Waals surface area contributed by atoms with Gasteiger partial charge in [-0.25, -0.2) is 5.84 Å². The Morgan fingerprint density at radius 2 is 1.65 bits per heavy atom. The zero-order valence-electron chi connectivity index (χ0n) is 13.0. The molecule has 4 N–H and O–H groups in total. The maximum atomic E-state index is 5.61. The first-order valence-corrected chi connectivity index (χ1v) is 8.59. The minimum Gasteiger partial charge on any atom is -0.353 e. The van der Waals surface area contributed by atoms with Crippen LogP contribution in [0.1, 0.15) is 71.1 Å². The maximum absolute atomic E-state index is 5.61. The van der Waals surface area contributed by atoms with Gasteiger partial charge in [0.1, 0.15) is 0 Å². The number of nitrogens with one attached hydrogen (secondary N) is 2. The Balaban J connectivity index is 1.73. The van der Waals surface area contributed by atoms with Crippen LogP contribution < -0.4 is 16.6 Å². The smallest absolute Gasteiger partial charge is 0.205 e. The van der Waals surface area contributed by atoms with E-state index in [2.05, 4.69) is 22.7 Å². The van der Waals surface area contributed by atoms with E-state index in [1.165, 1.54) is 64.2 Å². The van der Waals surface area contributed by atoms with Crippen molar-refractivity contribution in [1.82, 2.24) is 10.7 Å². The van der Waals surface area contributed by atoms with E-state index in [1.54, 1.807) is 0 Å². The Kier molecular flexibility index (Phi) is 6.64. The molecular weight excluding hydrogens is 248 g/mol. The number of hydrogen-bond donors (Lipinski definition) is 3. The fourth-order valence-electron chi connectivity index (χ4n) is 3.62. The molecule has 2 rings (SSSR count). The van der Waals surface area contributed by atoms with E-state index in [1.807, 2.05) is 0 Å². The molecule has 0 radical (unpaired) electrons. The van der Waals surface area contributed by atoms with E-state index in [0.29, 0.717) is 6.04 Å². The molecule has 0 bridgehead atoms. The lowest BCUT2D eigenvalue weighted by Crippen LogP contribution is -2.47. The molecule has 0 aromatic rings. The molecule has 2 saturated carbocycles. The summed E-state index contributed by atoms with van der Waals surface area (Å²) in [5.74, 6) is 8.13. The summed E-state index contributed by atoms with van der Waals surface area (Å²) in [7, 11) is 0. The third kappa shape index (κ3) is 4.97. The van der Waals surface area contributed by atoms with Gasteiger partial charge in [-0.2, -0.15) is 0 Å². The molecular formula is C16H32N4. The summed E-state index contributed by atoms with van der Waals surface area (Å²) in [6.45, 7) is 3.24. The second-order valence-corrected chi connectivity index (χ2v) is 6.61. The minimum absolute atomic E-state index is 0.564. The van der Waals surface area contributed by atoms with Crippen LogP contribution in [0.25, 0.3) is 0 Å². The minimum atomic E-state index is 0.564. The molecule has 2 fully saturated rings. The van der Waals surface area contributed by atoms with Crippen molar-refractivity contribution in [3.8, 4) is 0 Å². The molecule has 4 heteroatoms. The molecule has 0 unspecified atom stereocenters. The average molecular weight is 280 g/mol. The molecule has 2 aliphatic rings. The zero-order chi connectivity index (χ0) is 14.2. The Labute approximate surface area is 124 Å². The summed E-state index contributed by atoms with van der Waals surface area (Å²) in [5.41, 5.74) is 2.75. The van der Waals surface area contributed by atoms with Crippen molar-refractivity contribution in [3.05, 3.63) is 0 Å². The summed E-state index contributed by atoms with van der Waals surface area (Å²) in [4.78, 5) is 4.68. The molecule has 116 valence electrons. The fourth-order valence-corrected chi connectivity index (χ4v) is 3.62. The van der Waals surface area contributed by atoms with Crippen LogP contribution in [0.3, 0.4) is 0 Å². The Morgan fingerprint density at radius 1 is 1.00 bits per heavy atom. The standard InChI is InChI=1S/C16H32N4/c1-2-13-8-10-14(11-9-13)12-18-16(20-17)19-15-6-4-3-5-7-15/h13-15H,2-12,17H2,1H3,(H2,18,19,20). The van der Waals surface area contributed by atoms with E-state index >= 15 is 0 Å². The summed E-state index contributed by atoms with van der Waals surface area (Å²) in [6.07, 6.45) is 13.3. The predicted molar refractivity (Wildman–Crippen MR) is 85.4 cm³/mol. The van der Waals surface area contributed by atoms with Crippen LogP contribution in [-0.2, 0) is 0 Å². The molecule has 20 heavy (non-hydrogen) atoms. The van der Waals surface area contributed by atoms with Gasteiger partial charge in [-0.1, -0.05) is 45.4 Å². The van der Waals surface area contributed by atoms with Gasteiger partial charge in [-0.3, -0.25) is 10.4 Å². The summed E-state index contributed by atoms with van der Waals surface area (Å²) >= 11 is 0. The number of hydrogen-bond acceptors (Lipinski definition) is 2. The lowest BCUT2D eigenvalue weighted by atomic mass is 9.81. The van der Waals surface area contributed by atoms with Gasteiger partial charge in [-0.15, -0.1) is 0 Å². The highest BCUT2D eigenvalue weighted by Crippen LogP contribution is 2.30. The number of rotatable bonds is 4. The second kappa shape index (κ2) is 8.50. The fraction of sp³-hybridized carbons (Fsp3) is 0.938. The van der Waals surface area contributed by atoms with Crippen LogP contribution in [0.2, 0.25) is 0 Å². The number of nitrogens with zero attached hydrogens (tertiary/aromatic N) is 1. The second-order valence-electron chi connectivity index (χ2n) is 6.61. The van der Waals surface area contributed by atoms with Crippen LogP contribution in [0.5, 0.6) is 0 Å². The zero-order valence-corrected chi connectivity index (χ0v) is 13.0. The van der Waals surface area contributed by atoms with Gasteiger partial charge in [0.25, 0.3) is 0 Å². The molecule has 0 aromatic heterocycles. The Bertz CT molecular complexity index is 289. The third-order valence-electron chi connectivity index (χ3n) is 5.13. The first-order chi connectivity index (χ1) is 9.81. The van der Waals surface area contributed by atoms with Gasteiger partial charge in [0.2, 0.25) is 5.96 Å². The lowest BCUT2D eigenvalue weighted by molar-refractivity contribution is 0.274. The first-order valence-electron chi connectivity index (χ1n) is 8.59. The van der Waals surface area contributed by atoms with Gasteiger partial charge in [0, 0.05) is 12.6 Å². The van der Waals surface area contributed by atoms with Crippen LogP contribution in [0.4, 0.5) is 0 Å². The van der Waals surface area contributed by atoms with E-state index < -0.39 is 0 Å². The Morgan fingerprint density at radius 3 is 2.25 bits per heavy atom.